The summed E-state index contributed by atoms with van der Waals surface area (Å²) in [5.74, 6) is 1.57. The molecule has 0 aliphatic carbocycles. The summed E-state index contributed by atoms with van der Waals surface area (Å²) >= 11 is 0. The number of benzene rings is 3. The summed E-state index contributed by atoms with van der Waals surface area (Å²) in [5.41, 5.74) is 13.5. The molecule has 242 valence electrons. The number of methoxy groups -OCH3 is 1. The standard InChI is InChI=1S/C36H46N2O7/c1-3-4-9-20-42-31-14-16-32(17-15-31)45-35(39)19-13-27-12-18-33(34(23-27)41-2)43-21-10-7-5-6-8-11-22-44-36(40)28-24-29(37)26-30(38)25-28/h12-19,23-26H,3-11,20-22,37-38H2,1-2H3. The van der Waals surface area contributed by atoms with Gasteiger partial charge in [0.05, 0.1) is 32.5 Å². The van der Waals surface area contributed by atoms with Crippen LogP contribution in [0.2, 0.25) is 0 Å². The number of ether oxygens (including phenoxy) is 5. The van der Waals surface area contributed by atoms with E-state index < -0.39 is 11.9 Å². The molecular formula is C36H46N2O7. The Balaban J connectivity index is 1.29. The number of rotatable bonds is 20. The highest BCUT2D eigenvalue weighted by molar-refractivity contribution is 5.91. The first-order chi connectivity index (χ1) is 21.9. The Kier molecular flexibility index (Phi) is 15.2. The molecule has 0 saturated heterocycles. The van der Waals surface area contributed by atoms with Crippen molar-refractivity contribution in [2.45, 2.75) is 64.7 Å². The van der Waals surface area contributed by atoms with E-state index in [0.29, 0.717) is 54.0 Å². The number of carbonyl (C=O) groups is 2. The highest BCUT2D eigenvalue weighted by Gasteiger charge is 2.09. The third kappa shape index (κ3) is 13.3. The Bertz CT molecular complexity index is 1350. The summed E-state index contributed by atoms with van der Waals surface area (Å²) in [6, 6.07) is 17.3. The van der Waals surface area contributed by atoms with Gasteiger partial charge in [-0.1, -0.05) is 51.5 Å². The maximum absolute atomic E-state index is 12.3. The van der Waals surface area contributed by atoms with E-state index in [1.54, 1.807) is 55.7 Å². The molecule has 0 atom stereocenters. The first kappa shape index (κ1) is 34.8. The average Bonchev–Trinajstić information content (AvgIpc) is 3.03. The molecule has 0 amide bonds. The highest BCUT2D eigenvalue weighted by Crippen LogP contribution is 2.29. The molecule has 0 spiro atoms. The van der Waals surface area contributed by atoms with Crippen LogP contribution in [-0.2, 0) is 9.53 Å². The number of hydrogen-bond donors (Lipinski definition) is 2. The maximum Gasteiger partial charge on any atom is 0.338 e. The van der Waals surface area contributed by atoms with E-state index in [0.717, 1.165) is 69.1 Å². The molecule has 9 nitrogen and oxygen atoms in total. The van der Waals surface area contributed by atoms with Crippen molar-refractivity contribution < 1.29 is 33.3 Å². The lowest BCUT2D eigenvalue weighted by atomic mass is 10.1. The van der Waals surface area contributed by atoms with Crippen LogP contribution in [0, 0.1) is 0 Å². The lowest BCUT2D eigenvalue weighted by molar-refractivity contribution is -0.128. The molecule has 0 unspecified atom stereocenters. The Morgan fingerprint density at radius 3 is 2.00 bits per heavy atom. The van der Waals surface area contributed by atoms with E-state index in [-0.39, 0.29) is 0 Å². The van der Waals surface area contributed by atoms with Gasteiger partial charge in [-0.25, -0.2) is 9.59 Å². The van der Waals surface area contributed by atoms with Gasteiger partial charge in [0, 0.05) is 17.5 Å². The zero-order chi connectivity index (χ0) is 32.3. The van der Waals surface area contributed by atoms with Gasteiger partial charge in [-0.3, -0.25) is 0 Å². The van der Waals surface area contributed by atoms with Gasteiger partial charge in [0.1, 0.15) is 11.5 Å². The van der Waals surface area contributed by atoms with Crippen molar-refractivity contribution in [3.63, 3.8) is 0 Å². The monoisotopic (exact) mass is 618 g/mol. The van der Waals surface area contributed by atoms with Crippen LogP contribution in [0.25, 0.3) is 6.08 Å². The van der Waals surface area contributed by atoms with Gasteiger partial charge < -0.3 is 35.2 Å². The van der Waals surface area contributed by atoms with Gasteiger partial charge in [-0.15, -0.1) is 0 Å². The van der Waals surface area contributed by atoms with Crippen LogP contribution in [0.15, 0.2) is 66.7 Å². The minimum Gasteiger partial charge on any atom is -0.494 e. The molecule has 0 bridgehead atoms. The largest absolute Gasteiger partial charge is 0.494 e. The van der Waals surface area contributed by atoms with Gasteiger partial charge in [0.15, 0.2) is 11.5 Å². The number of esters is 2. The van der Waals surface area contributed by atoms with Crippen molar-refractivity contribution >= 4 is 29.4 Å². The second-order valence-corrected chi connectivity index (χ2v) is 10.7. The van der Waals surface area contributed by atoms with Crippen molar-refractivity contribution in [1.82, 2.24) is 0 Å². The molecule has 0 fully saturated rings. The SMILES string of the molecule is CCCCCOc1ccc(OC(=O)C=Cc2ccc(OCCCCCCCCOC(=O)c3cc(N)cc(N)c3)c(OC)c2)cc1. The van der Waals surface area contributed by atoms with Crippen LogP contribution < -0.4 is 30.4 Å². The predicted octanol–water partition coefficient (Wildman–Crippen LogP) is 7.62. The first-order valence-electron chi connectivity index (χ1n) is 15.6. The van der Waals surface area contributed by atoms with Crippen LogP contribution in [0.1, 0.15) is 80.6 Å². The summed E-state index contributed by atoms with van der Waals surface area (Å²) in [5, 5.41) is 0. The van der Waals surface area contributed by atoms with Crippen molar-refractivity contribution in [2.75, 3.05) is 38.4 Å². The molecule has 0 aromatic heterocycles. The fraction of sp³-hybridized carbons (Fsp3) is 0.389. The van der Waals surface area contributed by atoms with Crippen molar-refractivity contribution in [1.29, 1.82) is 0 Å². The van der Waals surface area contributed by atoms with Crippen LogP contribution >= 0.6 is 0 Å². The molecule has 3 rings (SSSR count). The Labute approximate surface area is 266 Å². The molecule has 3 aromatic carbocycles. The summed E-state index contributed by atoms with van der Waals surface area (Å²) in [6.45, 7) is 3.77. The minimum absolute atomic E-state index is 0.367. The van der Waals surface area contributed by atoms with E-state index in [2.05, 4.69) is 6.92 Å². The summed E-state index contributed by atoms with van der Waals surface area (Å²) in [7, 11) is 1.59. The molecule has 0 saturated carbocycles. The lowest BCUT2D eigenvalue weighted by Crippen LogP contribution is -2.07. The predicted molar refractivity (Wildman–Crippen MR) is 178 cm³/mol. The van der Waals surface area contributed by atoms with E-state index in [9.17, 15) is 9.59 Å². The van der Waals surface area contributed by atoms with Gasteiger partial charge in [-0.2, -0.15) is 0 Å². The Morgan fingerprint density at radius 2 is 1.31 bits per heavy atom. The average molecular weight is 619 g/mol. The van der Waals surface area contributed by atoms with Gasteiger partial charge in [-0.05, 0) is 85.5 Å². The zero-order valence-electron chi connectivity index (χ0n) is 26.4. The van der Waals surface area contributed by atoms with E-state index in [1.807, 2.05) is 18.2 Å². The second-order valence-electron chi connectivity index (χ2n) is 10.7. The van der Waals surface area contributed by atoms with Crippen molar-refractivity contribution in [3.05, 3.63) is 77.9 Å². The third-order valence-electron chi connectivity index (χ3n) is 6.90. The molecule has 9 heteroatoms. The Hall–Kier alpha value is -4.66. The van der Waals surface area contributed by atoms with Gasteiger partial charge >= 0.3 is 11.9 Å². The number of anilines is 2. The van der Waals surface area contributed by atoms with Gasteiger partial charge in [0.25, 0.3) is 0 Å². The third-order valence-corrected chi connectivity index (χ3v) is 6.90. The molecule has 4 N–H and O–H groups in total. The number of nitrogen functional groups attached to an aromatic ring is 2. The van der Waals surface area contributed by atoms with Crippen LogP contribution in [-0.4, -0.2) is 38.9 Å². The quantitative estimate of drug-likeness (QED) is 0.0431. The molecular weight excluding hydrogens is 572 g/mol. The second kappa shape index (κ2) is 19.6. The van der Waals surface area contributed by atoms with E-state index >= 15 is 0 Å². The topological polar surface area (TPSA) is 132 Å². The molecule has 0 aliphatic rings. The summed E-state index contributed by atoms with van der Waals surface area (Å²) < 4.78 is 27.8. The minimum atomic E-state index is -0.477. The normalized spacial score (nSPS) is 10.9. The van der Waals surface area contributed by atoms with E-state index in [4.69, 9.17) is 35.2 Å². The van der Waals surface area contributed by atoms with Crippen molar-refractivity contribution in [3.8, 4) is 23.0 Å². The molecule has 0 radical (unpaired) electrons. The smallest absolute Gasteiger partial charge is 0.338 e. The maximum atomic E-state index is 12.3. The molecule has 0 heterocycles. The fourth-order valence-corrected chi connectivity index (χ4v) is 4.50. The summed E-state index contributed by atoms with van der Waals surface area (Å²) in [6.07, 6.45) is 12.2. The molecule has 3 aromatic rings. The lowest BCUT2D eigenvalue weighted by Gasteiger charge is -2.11. The first-order valence-corrected chi connectivity index (χ1v) is 15.6. The zero-order valence-corrected chi connectivity index (χ0v) is 26.4. The fourth-order valence-electron chi connectivity index (χ4n) is 4.50. The Morgan fingerprint density at radius 1 is 0.689 bits per heavy atom. The van der Waals surface area contributed by atoms with Crippen LogP contribution in [0.5, 0.6) is 23.0 Å². The van der Waals surface area contributed by atoms with E-state index in [1.165, 1.54) is 6.08 Å². The number of carbonyl (C=O) groups excluding carboxylic acids is 2. The number of nitrogens with two attached hydrogens (primary N) is 2. The van der Waals surface area contributed by atoms with Crippen molar-refractivity contribution in [2.24, 2.45) is 0 Å². The summed E-state index contributed by atoms with van der Waals surface area (Å²) in [4.78, 5) is 24.4. The van der Waals surface area contributed by atoms with Crippen LogP contribution in [0.3, 0.4) is 0 Å². The van der Waals surface area contributed by atoms with Crippen LogP contribution in [0.4, 0.5) is 11.4 Å². The van der Waals surface area contributed by atoms with Gasteiger partial charge in [0.2, 0.25) is 0 Å². The highest BCUT2D eigenvalue weighted by atomic mass is 16.5. The molecule has 45 heavy (non-hydrogen) atoms. The number of unbranched alkanes of at least 4 members (excludes halogenated alkanes) is 7. The molecule has 0 aliphatic heterocycles. The number of hydrogen-bond acceptors (Lipinski definition) is 9.